The van der Waals surface area contributed by atoms with Crippen molar-refractivity contribution in [1.29, 1.82) is 0 Å². The molecule has 1 aliphatic rings. The fourth-order valence-corrected chi connectivity index (χ4v) is 2.50. The Morgan fingerprint density at radius 2 is 2.07 bits per heavy atom. The van der Waals surface area contributed by atoms with Gasteiger partial charge in [-0.25, -0.2) is 4.98 Å². The fraction of sp³-hybridized carbons (Fsp3) is 0.769. The van der Waals surface area contributed by atoms with Crippen LogP contribution in [-0.2, 0) is 6.54 Å². The second-order valence-electron chi connectivity index (χ2n) is 5.79. The molecule has 1 heterocycles. The highest BCUT2D eigenvalue weighted by molar-refractivity contribution is 4.94. The first-order chi connectivity index (χ1) is 7.07. The molecule has 0 atom stereocenters. The molecule has 0 bridgehead atoms. The van der Waals surface area contributed by atoms with Crippen LogP contribution in [0.25, 0.3) is 0 Å². The summed E-state index contributed by atoms with van der Waals surface area (Å²) < 4.78 is 2.29. The molecule has 0 aliphatic heterocycles. The molecular weight excluding hydrogens is 184 g/mol. The lowest BCUT2D eigenvalue weighted by atomic mass is 9.73. The van der Waals surface area contributed by atoms with Gasteiger partial charge in [-0.2, -0.15) is 0 Å². The SMILES string of the molecule is Cc1cncn1CC1CCC(C)(C)CC1. The molecule has 0 N–H and O–H groups in total. The number of hydrogen-bond donors (Lipinski definition) is 0. The minimum absolute atomic E-state index is 0.584. The molecule has 1 fully saturated rings. The fourth-order valence-electron chi connectivity index (χ4n) is 2.50. The van der Waals surface area contributed by atoms with E-state index in [0.29, 0.717) is 5.41 Å². The molecule has 0 unspecified atom stereocenters. The Morgan fingerprint density at radius 3 is 2.60 bits per heavy atom. The molecule has 0 saturated heterocycles. The third kappa shape index (κ3) is 2.61. The van der Waals surface area contributed by atoms with Crippen LogP contribution in [-0.4, -0.2) is 9.55 Å². The van der Waals surface area contributed by atoms with Crippen molar-refractivity contribution in [2.24, 2.45) is 11.3 Å². The van der Waals surface area contributed by atoms with Crippen molar-refractivity contribution in [2.45, 2.75) is 53.0 Å². The first-order valence-electron chi connectivity index (χ1n) is 6.03. The van der Waals surface area contributed by atoms with Crippen LogP contribution in [0.4, 0.5) is 0 Å². The summed E-state index contributed by atoms with van der Waals surface area (Å²) in [6.07, 6.45) is 9.44. The maximum atomic E-state index is 4.18. The van der Waals surface area contributed by atoms with Gasteiger partial charge in [-0.05, 0) is 43.9 Å². The Hall–Kier alpha value is -0.790. The minimum Gasteiger partial charge on any atom is -0.335 e. The van der Waals surface area contributed by atoms with E-state index in [0.717, 1.165) is 5.92 Å². The molecule has 1 aromatic rings. The molecule has 1 aliphatic carbocycles. The van der Waals surface area contributed by atoms with E-state index in [1.54, 1.807) is 0 Å². The van der Waals surface area contributed by atoms with Crippen molar-refractivity contribution in [3.05, 3.63) is 18.2 Å². The van der Waals surface area contributed by atoms with Gasteiger partial charge in [0.25, 0.3) is 0 Å². The van der Waals surface area contributed by atoms with Crippen molar-refractivity contribution in [3.63, 3.8) is 0 Å². The van der Waals surface area contributed by atoms with Crippen LogP contribution in [0.2, 0.25) is 0 Å². The van der Waals surface area contributed by atoms with Crippen LogP contribution in [0.5, 0.6) is 0 Å². The molecule has 2 nitrogen and oxygen atoms in total. The van der Waals surface area contributed by atoms with E-state index < -0.39 is 0 Å². The summed E-state index contributed by atoms with van der Waals surface area (Å²) in [7, 11) is 0. The van der Waals surface area contributed by atoms with Crippen LogP contribution < -0.4 is 0 Å². The summed E-state index contributed by atoms with van der Waals surface area (Å²) in [4.78, 5) is 4.18. The van der Waals surface area contributed by atoms with E-state index in [1.807, 2.05) is 12.5 Å². The van der Waals surface area contributed by atoms with Gasteiger partial charge in [-0.15, -0.1) is 0 Å². The number of aryl methyl sites for hydroxylation is 1. The second-order valence-corrected chi connectivity index (χ2v) is 5.79. The molecular formula is C13H22N2. The zero-order valence-electron chi connectivity index (χ0n) is 10.2. The Bertz CT molecular complexity index is 315. The largest absolute Gasteiger partial charge is 0.335 e. The van der Waals surface area contributed by atoms with Crippen molar-refractivity contribution in [1.82, 2.24) is 9.55 Å². The Morgan fingerprint density at radius 1 is 1.40 bits per heavy atom. The lowest BCUT2D eigenvalue weighted by Crippen LogP contribution is -2.24. The lowest BCUT2D eigenvalue weighted by molar-refractivity contribution is 0.178. The summed E-state index contributed by atoms with van der Waals surface area (Å²) in [5, 5.41) is 0. The third-order valence-electron chi connectivity index (χ3n) is 3.83. The highest BCUT2D eigenvalue weighted by Crippen LogP contribution is 2.38. The topological polar surface area (TPSA) is 17.8 Å². The molecule has 15 heavy (non-hydrogen) atoms. The Balaban J connectivity index is 1.90. The first kappa shape index (κ1) is 10.7. The maximum Gasteiger partial charge on any atom is 0.0948 e. The highest BCUT2D eigenvalue weighted by Gasteiger charge is 2.26. The summed E-state index contributed by atoms with van der Waals surface area (Å²) >= 11 is 0. The number of aromatic nitrogens is 2. The molecule has 0 amide bonds. The number of imidazole rings is 1. The molecule has 2 rings (SSSR count). The van der Waals surface area contributed by atoms with Gasteiger partial charge >= 0.3 is 0 Å². The van der Waals surface area contributed by atoms with E-state index in [9.17, 15) is 0 Å². The molecule has 0 radical (unpaired) electrons. The van der Waals surface area contributed by atoms with Crippen LogP contribution >= 0.6 is 0 Å². The zero-order chi connectivity index (χ0) is 10.9. The van der Waals surface area contributed by atoms with Gasteiger partial charge in [-0.1, -0.05) is 13.8 Å². The Labute approximate surface area is 92.7 Å². The average Bonchev–Trinajstić information content (AvgIpc) is 2.56. The monoisotopic (exact) mass is 206 g/mol. The number of rotatable bonds is 2. The van der Waals surface area contributed by atoms with Crippen molar-refractivity contribution in [2.75, 3.05) is 0 Å². The predicted octanol–water partition coefficient (Wildman–Crippen LogP) is 3.41. The van der Waals surface area contributed by atoms with Crippen molar-refractivity contribution < 1.29 is 0 Å². The molecule has 0 aromatic carbocycles. The van der Waals surface area contributed by atoms with E-state index >= 15 is 0 Å². The lowest BCUT2D eigenvalue weighted by Gasteiger charge is -2.34. The van der Waals surface area contributed by atoms with E-state index in [2.05, 4.69) is 30.3 Å². The number of hydrogen-bond acceptors (Lipinski definition) is 1. The van der Waals surface area contributed by atoms with Crippen LogP contribution in [0.3, 0.4) is 0 Å². The van der Waals surface area contributed by atoms with Gasteiger partial charge in [0.1, 0.15) is 0 Å². The number of nitrogens with zero attached hydrogens (tertiary/aromatic N) is 2. The second kappa shape index (κ2) is 3.99. The molecule has 1 saturated carbocycles. The van der Waals surface area contributed by atoms with Crippen LogP contribution in [0, 0.1) is 18.3 Å². The van der Waals surface area contributed by atoms with Crippen LogP contribution in [0.15, 0.2) is 12.5 Å². The predicted molar refractivity (Wildman–Crippen MR) is 62.7 cm³/mol. The minimum atomic E-state index is 0.584. The maximum absolute atomic E-state index is 4.18. The smallest absolute Gasteiger partial charge is 0.0948 e. The quantitative estimate of drug-likeness (QED) is 0.725. The van der Waals surface area contributed by atoms with Gasteiger partial charge in [0, 0.05) is 18.4 Å². The zero-order valence-corrected chi connectivity index (χ0v) is 10.2. The molecule has 0 spiro atoms. The standard InChI is InChI=1S/C13H22N2/c1-11-8-14-10-15(11)9-12-4-6-13(2,3)7-5-12/h8,10,12H,4-7,9H2,1-3H3. The summed E-state index contributed by atoms with van der Waals surface area (Å²) in [6.45, 7) is 8.10. The van der Waals surface area contributed by atoms with Gasteiger partial charge in [0.15, 0.2) is 0 Å². The van der Waals surface area contributed by atoms with Gasteiger partial charge in [-0.3, -0.25) is 0 Å². The molecule has 1 aromatic heterocycles. The normalized spacial score (nSPS) is 21.8. The third-order valence-corrected chi connectivity index (χ3v) is 3.83. The van der Waals surface area contributed by atoms with E-state index in [1.165, 1.54) is 37.9 Å². The summed E-state index contributed by atoms with van der Waals surface area (Å²) in [5.74, 6) is 0.867. The average molecular weight is 206 g/mol. The highest BCUT2D eigenvalue weighted by atomic mass is 15.0. The van der Waals surface area contributed by atoms with Gasteiger partial charge in [0.2, 0.25) is 0 Å². The molecule has 84 valence electrons. The van der Waals surface area contributed by atoms with E-state index in [-0.39, 0.29) is 0 Å². The van der Waals surface area contributed by atoms with Crippen molar-refractivity contribution in [3.8, 4) is 0 Å². The van der Waals surface area contributed by atoms with Gasteiger partial charge in [0.05, 0.1) is 6.33 Å². The van der Waals surface area contributed by atoms with Crippen molar-refractivity contribution >= 4 is 0 Å². The first-order valence-corrected chi connectivity index (χ1v) is 6.03. The Kier molecular flexibility index (Phi) is 2.85. The summed E-state index contributed by atoms with van der Waals surface area (Å²) in [6, 6.07) is 0. The van der Waals surface area contributed by atoms with Gasteiger partial charge < -0.3 is 4.57 Å². The van der Waals surface area contributed by atoms with E-state index in [4.69, 9.17) is 0 Å². The van der Waals surface area contributed by atoms with Crippen LogP contribution in [0.1, 0.15) is 45.2 Å². The molecule has 2 heteroatoms. The summed E-state index contributed by atoms with van der Waals surface area (Å²) in [5.41, 5.74) is 1.88.